The number of allylic oxidation sites excluding steroid dienone is 1. The van der Waals surface area contributed by atoms with E-state index >= 15 is 0 Å². The highest BCUT2D eigenvalue weighted by molar-refractivity contribution is 5.85. The fourth-order valence-electron chi connectivity index (χ4n) is 1.57. The van der Waals surface area contributed by atoms with Gasteiger partial charge in [-0.1, -0.05) is 26.8 Å². The molecule has 0 heterocycles. The molecule has 0 aliphatic rings. The van der Waals surface area contributed by atoms with E-state index in [-0.39, 0.29) is 18.4 Å². The van der Waals surface area contributed by atoms with Gasteiger partial charge < -0.3 is 10.2 Å². The van der Waals surface area contributed by atoms with Gasteiger partial charge in [-0.05, 0) is 24.7 Å². The van der Waals surface area contributed by atoms with Crippen molar-refractivity contribution in [1.29, 1.82) is 0 Å². The zero-order valence-electron chi connectivity index (χ0n) is 9.32. The molecule has 3 nitrogen and oxygen atoms in total. The third-order valence-electron chi connectivity index (χ3n) is 2.59. The van der Waals surface area contributed by atoms with Gasteiger partial charge in [0.1, 0.15) is 0 Å². The second-order valence-electron chi connectivity index (χ2n) is 4.10. The molecule has 2 unspecified atom stereocenters. The molecule has 0 radical (unpaired) electrons. The minimum absolute atomic E-state index is 0.0936. The van der Waals surface area contributed by atoms with Gasteiger partial charge in [-0.15, -0.1) is 0 Å². The Morgan fingerprint density at radius 3 is 2.14 bits per heavy atom. The van der Waals surface area contributed by atoms with Gasteiger partial charge in [0.15, 0.2) is 0 Å². The maximum atomic E-state index is 10.6. The largest absolute Gasteiger partial charge is 0.478 e. The Morgan fingerprint density at radius 2 is 1.86 bits per heavy atom. The van der Waals surface area contributed by atoms with Crippen LogP contribution in [0.4, 0.5) is 0 Å². The third-order valence-corrected chi connectivity index (χ3v) is 2.59. The first kappa shape index (κ1) is 13.2. The molecule has 0 rings (SSSR count). The average molecular weight is 200 g/mol. The van der Waals surface area contributed by atoms with Crippen LogP contribution in [0.1, 0.15) is 27.7 Å². The molecular weight excluding hydrogens is 180 g/mol. The number of carbonyl (C=O) groups is 1. The maximum absolute atomic E-state index is 10.6. The highest BCUT2D eigenvalue weighted by Gasteiger charge is 2.19. The van der Waals surface area contributed by atoms with E-state index in [4.69, 9.17) is 10.2 Å². The first-order valence-corrected chi connectivity index (χ1v) is 4.92. The Labute approximate surface area is 85.4 Å². The van der Waals surface area contributed by atoms with Crippen LogP contribution in [0.5, 0.6) is 0 Å². The standard InChI is InChI=1S/C11H20O3/c1-7(2)10(6-12)8(3)5-9(4)11(13)14/h5,7-8,10,12H,6H2,1-4H3,(H,13,14)/b9-5+. The van der Waals surface area contributed by atoms with E-state index in [9.17, 15) is 4.79 Å². The van der Waals surface area contributed by atoms with Gasteiger partial charge in [-0.25, -0.2) is 4.79 Å². The number of rotatable bonds is 5. The smallest absolute Gasteiger partial charge is 0.330 e. The Morgan fingerprint density at radius 1 is 1.36 bits per heavy atom. The fraction of sp³-hybridized carbons (Fsp3) is 0.727. The van der Waals surface area contributed by atoms with Crippen molar-refractivity contribution in [3.63, 3.8) is 0 Å². The summed E-state index contributed by atoms with van der Waals surface area (Å²) in [6.45, 7) is 7.67. The molecule has 0 bridgehead atoms. The van der Waals surface area contributed by atoms with Gasteiger partial charge in [-0.3, -0.25) is 0 Å². The van der Waals surface area contributed by atoms with Crippen molar-refractivity contribution in [2.45, 2.75) is 27.7 Å². The molecule has 0 amide bonds. The van der Waals surface area contributed by atoms with E-state index in [1.165, 1.54) is 0 Å². The van der Waals surface area contributed by atoms with Crippen LogP contribution in [-0.4, -0.2) is 22.8 Å². The summed E-state index contributed by atoms with van der Waals surface area (Å²) in [5.74, 6) is -0.314. The van der Waals surface area contributed by atoms with Crippen LogP contribution >= 0.6 is 0 Å². The molecule has 14 heavy (non-hydrogen) atoms. The van der Waals surface area contributed by atoms with Crippen LogP contribution in [0.15, 0.2) is 11.6 Å². The molecule has 0 saturated heterocycles. The highest BCUT2D eigenvalue weighted by Crippen LogP contribution is 2.22. The SMILES string of the molecule is C/C(=C\C(C)C(CO)C(C)C)C(=O)O. The van der Waals surface area contributed by atoms with Crippen LogP contribution < -0.4 is 0 Å². The van der Waals surface area contributed by atoms with E-state index in [2.05, 4.69) is 0 Å². The van der Waals surface area contributed by atoms with Gasteiger partial charge in [0.05, 0.1) is 0 Å². The minimum atomic E-state index is -0.891. The number of hydrogen-bond donors (Lipinski definition) is 2. The molecule has 0 aromatic carbocycles. The molecule has 82 valence electrons. The molecule has 0 aromatic heterocycles. The van der Waals surface area contributed by atoms with Gasteiger partial charge in [0.25, 0.3) is 0 Å². The molecule has 0 saturated carbocycles. The lowest BCUT2D eigenvalue weighted by atomic mass is 9.84. The van der Waals surface area contributed by atoms with Crippen LogP contribution in [0.25, 0.3) is 0 Å². The van der Waals surface area contributed by atoms with Crippen molar-refractivity contribution in [3.8, 4) is 0 Å². The molecule has 2 atom stereocenters. The van der Waals surface area contributed by atoms with Gasteiger partial charge in [-0.2, -0.15) is 0 Å². The predicted octanol–water partition coefficient (Wildman–Crippen LogP) is 1.92. The van der Waals surface area contributed by atoms with Gasteiger partial charge in [0, 0.05) is 12.2 Å². The van der Waals surface area contributed by atoms with Crippen LogP contribution in [0.2, 0.25) is 0 Å². The molecule has 0 spiro atoms. The average Bonchev–Trinajstić information content (AvgIpc) is 2.04. The van der Waals surface area contributed by atoms with Crippen LogP contribution in [0.3, 0.4) is 0 Å². The van der Waals surface area contributed by atoms with Crippen molar-refractivity contribution in [3.05, 3.63) is 11.6 Å². The summed E-state index contributed by atoms with van der Waals surface area (Å²) in [6, 6.07) is 0. The summed E-state index contributed by atoms with van der Waals surface area (Å²) < 4.78 is 0. The lowest BCUT2D eigenvalue weighted by Crippen LogP contribution is -2.21. The lowest BCUT2D eigenvalue weighted by Gasteiger charge is -2.23. The predicted molar refractivity (Wildman–Crippen MR) is 56.0 cm³/mol. The Hall–Kier alpha value is -0.830. The molecule has 0 aliphatic carbocycles. The van der Waals surface area contributed by atoms with Crippen molar-refractivity contribution in [2.24, 2.45) is 17.8 Å². The van der Waals surface area contributed by atoms with Crippen molar-refractivity contribution < 1.29 is 15.0 Å². The summed E-state index contributed by atoms with van der Waals surface area (Å²) >= 11 is 0. The van der Waals surface area contributed by atoms with Crippen LogP contribution in [0, 0.1) is 17.8 Å². The summed E-state index contributed by atoms with van der Waals surface area (Å²) in [5.41, 5.74) is 0.344. The molecule has 0 aromatic rings. The van der Waals surface area contributed by atoms with E-state index in [1.54, 1.807) is 13.0 Å². The van der Waals surface area contributed by atoms with E-state index in [0.29, 0.717) is 11.5 Å². The second kappa shape index (κ2) is 5.81. The second-order valence-corrected chi connectivity index (χ2v) is 4.10. The van der Waals surface area contributed by atoms with Crippen molar-refractivity contribution in [2.75, 3.05) is 6.61 Å². The fourth-order valence-corrected chi connectivity index (χ4v) is 1.57. The lowest BCUT2D eigenvalue weighted by molar-refractivity contribution is -0.132. The first-order chi connectivity index (χ1) is 6.40. The zero-order valence-corrected chi connectivity index (χ0v) is 9.32. The molecule has 0 fully saturated rings. The molecular formula is C11H20O3. The third kappa shape index (κ3) is 3.92. The number of aliphatic carboxylic acids is 1. The van der Waals surface area contributed by atoms with Crippen LogP contribution in [-0.2, 0) is 4.79 Å². The summed E-state index contributed by atoms with van der Waals surface area (Å²) in [4.78, 5) is 10.6. The van der Waals surface area contributed by atoms with Gasteiger partial charge >= 0.3 is 5.97 Å². The first-order valence-electron chi connectivity index (χ1n) is 4.92. The van der Waals surface area contributed by atoms with Crippen molar-refractivity contribution in [1.82, 2.24) is 0 Å². The molecule has 3 heteroatoms. The van der Waals surface area contributed by atoms with Gasteiger partial charge in [0.2, 0.25) is 0 Å². The number of carboxylic acids is 1. The quantitative estimate of drug-likeness (QED) is 0.666. The number of carboxylic acid groups (broad SMARTS) is 1. The summed E-state index contributed by atoms with van der Waals surface area (Å²) in [6.07, 6.45) is 1.71. The minimum Gasteiger partial charge on any atom is -0.478 e. The Bertz CT molecular complexity index is 219. The number of aliphatic hydroxyl groups is 1. The van der Waals surface area contributed by atoms with E-state index in [1.807, 2.05) is 20.8 Å². The summed E-state index contributed by atoms with van der Waals surface area (Å²) in [5, 5.41) is 17.8. The van der Waals surface area contributed by atoms with E-state index < -0.39 is 5.97 Å². The topological polar surface area (TPSA) is 57.5 Å². The number of aliphatic hydroxyl groups excluding tert-OH is 1. The maximum Gasteiger partial charge on any atom is 0.330 e. The molecule has 2 N–H and O–H groups in total. The normalized spacial score (nSPS) is 16.9. The zero-order chi connectivity index (χ0) is 11.3. The summed E-state index contributed by atoms with van der Waals surface area (Å²) in [7, 11) is 0. The van der Waals surface area contributed by atoms with Crippen molar-refractivity contribution >= 4 is 5.97 Å². The highest BCUT2D eigenvalue weighted by atomic mass is 16.4. The number of hydrogen-bond acceptors (Lipinski definition) is 2. The van der Waals surface area contributed by atoms with E-state index in [0.717, 1.165) is 0 Å². The Kier molecular flexibility index (Phi) is 5.46. The monoisotopic (exact) mass is 200 g/mol. The molecule has 0 aliphatic heterocycles. The Balaban J connectivity index is 4.52.